The molecule has 2 N–H and O–H groups in total. The number of unbranched alkanes of at least 4 members (excludes halogenated alkanes) is 2. The Balaban J connectivity index is 2.07. The minimum absolute atomic E-state index is 0.149. The molecule has 1 aromatic rings. The van der Waals surface area contributed by atoms with Crippen LogP contribution in [0, 0.1) is 5.82 Å². The number of hydrogen-bond donors (Lipinski definition) is 2. The molecule has 0 aliphatic rings. The molecule has 0 aliphatic heterocycles. The Bertz CT molecular complexity index is 451. The second-order valence-electron chi connectivity index (χ2n) is 4.30. The van der Waals surface area contributed by atoms with Crippen LogP contribution in [0.1, 0.15) is 25.7 Å². The van der Waals surface area contributed by atoms with Crippen molar-refractivity contribution in [2.24, 2.45) is 0 Å². The molecule has 0 spiro atoms. The van der Waals surface area contributed by atoms with Crippen LogP contribution in [0.15, 0.2) is 24.3 Å². The molecular formula is C14H18FNO4. The van der Waals surface area contributed by atoms with Crippen LogP contribution >= 0.6 is 0 Å². The van der Waals surface area contributed by atoms with E-state index in [-0.39, 0.29) is 18.9 Å². The molecule has 0 atom stereocenters. The van der Waals surface area contributed by atoms with E-state index < -0.39 is 11.8 Å². The predicted molar refractivity (Wildman–Crippen MR) is 71.0 cm³/mol. The summed E-state index contributed by atoms with van der Waals surface area (Å²) in [5, 5.41) is 11.1. The number of aliphatic carboxylic acids is 1. The van der Waals surface area contributed by atoms with Crippen LogP contribution in [0.25, 0.3) is 0 Å². The highest BCUT2D eigenvalue weighted by atomic mass is 19.1. The Hall–Kier alpha value is -2.11. The summed E-state index contributed by atoms with van der Waals surface area (Å²) in [4.78, 5) is 21.7. The molecule has 1 aromatic carbocycles. The molecule has 110 valence electrons. The first-order valence-corrected chi connectivity index (χ1v) is 6.45. The van der Waals surface area contributed by atoms with Crippen molar-refractivity contribution in [1.29, 1.82) is 0 Å². The molecule has 0 saturated carbocycles. The van der Waals surface area contributed by atoms with Gasteiger partial charge in [-0.3, -0.25) is 9.59 Å². The number of carboxylic acids is 1. The maximum Gasteiger partial charge on any atom is 0.303 e. The van der Waals surface area contributed by atoms with Crippen molar-refractivity contribution in [2.75, 3.05) is 13.2 Å². The van der Waals surface area contributed by atoms with Crippen LogP contribution < -0.4 is 10.1 Å². The van der Waals surface area contributed by atoms with E-state index >= 15 is 0 Å². The van der Waals surface area contributed by atoms with Gasteiger partial charge in [-0.15, -0.1) is 0 Å². The highest BCUT2D eigenvalue weighted by Crippen LogP contribution is 2.11. The van der Waals surface area contributed by atoms with E-state index in [4.69, 9.17) is 9.84 Å². The summed E-state index contributed by atoms with van der Waals surface area (Å²) in [5.74, 6) is -1.20. The van der Waals surface area contributed by atoms with Crippen molar-refractivity contribution in [2.45, 2.75) is 25.7 Å². The molecule has 6 heteroatoms. The third-order valence-corrected chi connectivity index (χ3v) is 2.56. The summed E-state index contributed by atoms with van der Waals surface area (Å²) in [6.07, 6.45) is 2.22. The molecule has 0 aromatic heterocycles. The van der Waals surface area contributed by atoms with Gasteiger partial charge in [0, 0.05) is 19.0 Å². The Kier molecular flexibility index (Phi) is 7.10. The van der Waals surface area contributed by atoms with E-state index in [0.29, 0.717) is 18.7 Å². The van der Waals surface area contributed by atoms with Crippen LogP contribution in [0.5, 0.6) is 5.75 Å². The Morgan fingerprint density at radius 2 is 2.05 bits per heavy atom. The number of halogens is 1. The molecule has 0 heterocycles. The molecule has 0 radical (unpaired) electrons. The second kappa shape index (κ2) is 8.90. The first kappa shape index (κ1) is 15.9. The number of ether oxygens (including phenoxy) is 1. The Morgan fingerprint density at radius 1 is 1.25 bits per heavy atom. The maximum atomic E-state index is 12.8. The monoisotopic (exact) mass is 283 g/mol. The SMILES string of the molecule is O=C(O)CCCCCNC(=O)COc1cccc(F)c1. The normalized spacial score (nSPS) is 10.1. The number of benzene rings is 1. The van der Waals surface area contributed by atoms with Gasteiger partial charge in [0.15, 0.2) is 6.61 Å². The standard InChI is InChI=1S/C14H18FNO4/c15-11-5-4-6-12(9-11)20-10-13(17)16-8-3-1-2-7-14(18)19/h4-6,9H,1-3,7-8,10H2,(H,16,17)(H,18,19). The molecule has 1 amide bonds. The van der Waals surface area contributed by atoms with E-state index in [1.807, 2.05) is 0 Å². The van der Waals surface area contributed by atoms with Crippen LogP contribution in [0.2, 0.25) is 0 Å². The summed E-state index contributed by atoms with van der Waals surface area (Å²) >= 11 is 0. The van der Waals surface area contributed by atoms with Gasteiger partial charge in [0.25, 0.3) is 5.91 Å². The number of carboxylic acid groups (broad SMARTS) is 1. The van der Waals surface area contributed by atoms with Gasteiger partial charge in [-0.1, -0.05) is 12.5 Å². The fourth-order valence-electron chi connectivity index (χ4n) is 1.56. The molecule has 20 heavy (non-hydrogen) atoms. The van der Waals surface area contributed by atoms with E-state index in [1.165, 1.54) is 18.2 Å². The van der Waals surface area contributed by atoms with E-state index in [1.54, 1.807) is 6.07 Å². The van der Waals surface area contributed by atoms with Crippen LogP contribution in [-0.2, 0) is 9.59 Å². The third-order valence-electron chi connectivity index (χ3n) is 2.56. The number of amides is 1. The molecule has 0 bridgehead atoms. The zero-order chi connectivity index (χ0) is 14.8. The second-order valence-corrected chi connectivity index (χ2v) is 4.30. The smallest absolute Gasteiger partial charge is 0.303 e. The third kappa shape index (κ3) is 7.35. The minimum atomic E-state index is -0.808. The van der Waals surface area contributed by atoms with Crippen LogP contribution in [0.3, 0.4) is 0 Å². The van der Waals surface area contributed by atoms with Crippen LogP contribution in [0.4, 0.5) is 4.39 Å². The lowest BCUT2D eigenvalue weighted by Crippen LogP contribution is -2.29. The van der Waals surface area contributed by atoms with Gasteiger partial charge in [-0.25, -0.2) is 4.39 Å². The lowest BCUT2D eigenvalue weighted by Gasteiger charge is -2.07. The average Bonchev–Trinajstić information content (AvgIpc) is 2.40. The summed E-state index contributed by atoms with van der Waals surface area (Å²) in [6.45, 7) is 0.309. The zero-order valence-corrected chi connectivity index (χ0v) is 11.1. The quantitative estimate of drug-likeness (QED) is 0.679. The summed E-state index contributed by atoms with van der Waals surface area (Å²) in [6, 6.07) is 5.58. The fourth-order valence-corrected chi connectivity index (χ4v) is 1.56. The number of hydrogen-bond acceptors (Lipinski definition) is 3. The topological polar surface area (TPSA) is 75.6 Å². The van der Waals surface area contributed by atoms with E-state index in [9.17, 15) is 14.0 Å². The lowest BCUT2D eigenvalue weighted by atomic mass is 10.2. The van der Waals surface area contributed by atoms with Gasteiger partial charge in [-0.05, 0) is 25.0 Å². The lowest BCUT2D eigenvalue weighted by molar-refractivity contribution is -0.137. The van der Waals surface area contributed by atoms with Crippen molar-refractivity contribution >= 4 is 11.9 Å². The van der Waals surface area contributed by atoms with E-state index in [2.05, 4.69) is 5.32 Å². The summed E-state index contributed by atoms with van der Waals surface area (Å²) in [5.41, 5.74) is 0. The molecule has 5 nitrogen and oxygen atoms in total. The van der Waals surface area contributed by atoms with Gasteiger partial charge in [0.2, 0.25) is 0 Å². The largest absolute Gasteiger partial charge is 0.484 e. The zero-order valence-electron chi connectivity index (χ0n) is 11.1. The summed E-state index contributed by atoms with van der Waals surface area (Å²) < 4.78 is 18.0. The maximum absolute atomic E-state index is 12.8. The molecule has 0 unspecified atom stereocenters. The Labute approximate surface area is 116 Å². The molecule has 0 aliphatic carbocycles. The molecule has 0 saturated heterocycles. The predicted octanol–water partition coefficient (Wildman–Crippen LogP) is 1.97. The number of nitrogens with one attached hydrogen (secondary N) is 1. The van der Waals surface area contributed by atoms with Crippen LogP contribution in [-0.4, -0.2) is 30.1 Å². The summed E-state index contributed by atoms with van der Waals surface area (Å²) in [7, 11) is 0. The average molecular weight is 283 g/mol. The minimum Gasteiger partial charge on any atom is -0.484 e. The number of rotatable bonds is 9. The number of carbonyl (C=O) groups excluding carboxylic acids is 1. The van der Waals surface area contributed by atoms with Crippen molar-refractivity contribution in [3.05, 3.63) is 30.1 Å². The molecular weight excluding hydrogens is 265 g/mol. The first-order valence-electron chi connectivity index (χ1n) is 6.45. The molecule has 1 rings (SSSR count). The van der Waals surface area contributed by atoms with Crippen molar-refractivity contribution in [3.8, 4) is 5.75 Å². The van der Waals surface area contributed by atoms with Gasteiger partial charge in [0.05, 0.1) is 0 Å². The Morgan fingerprint density at radius 3 is 2.75 bits per heavy atom. The van der Waals surface area contributed by atoms with Crippen molar-refractivity contribution < 1.29 is 23.8 Å². The molecule has 0 fully saturated rings. The van der Waals surface area contributed by atoms with Gasteiger partial charge < -0.3 is 15.2 Å². The van der Waals surface area contributed by atoms with E-state index in [0.717, 1.165) is 12.8 Å². The van der Waals surface area contributed by atoms with Gasteiger partial charge in [-0.2, -0.15) is 0 Å². The van der Waals surface area contributed by atoms with Crippen molar-refractivity contribution in [3.63, 3.8) is 0 Å². The van der Waals surface area contributed by atoms with Gasteiger partial charge in [0.1, 0.15) is 11.6 Å². The fraction of sp³-hybridized carbons (Fsp3) is 0.429. The highest BCUT2D eigenvalue weighted by Gasteiger charge is 2.03. The highest BCUT2D eigenvalue weighted by molar-refractivity contribution is 5.77. The van der Waals surface area contributed by atoms with Crippen molar-refractivity contribution in [1.82, 2.24) is 5.32 Å². The first-order chi connectivity index (χ1) is 9.58. The number of carbonyl (C=O) groups is 2. The van der Waals surface area contributed by atoms with Gasteiger partial charge >= 0.3 is 5.97 Å².